The first kappa shape index (κ1) is 22.1. The van der Waals surface area contributed by atoms with E-state index in [1.807, 2.05) is 13.8 Å². The normalized spacial score (nSPS) is 37.9. The van der Waals surface area contributed by atoms with Crippen LogP contribution in [0.4, 0.5) is 0 Å². The minimum absolute atomic E-state index is 0.0854. The fourth-order valence-electron chi connectivity index (χ4n) is 5.07. The van der Waals surface area contributed by atoms with Crippen LogP contribution in [0, 0.1) is 29.6 Å². The van der Waals surface area contributed by atoms with Crippen LogP contribution in [0.2, 0.25) is 0 Å². The fraction of sp³-hybridized carbons (Fsp3) is 0.750. The second kappa shape index (κ2) is 9.46. The molecule has 0 unspecified atom stereocenters. The number of aliphatic hydroxyl groups is 1. The van der Waals surface area contributed by atoms with E-state index in [4.69, 9.17) is 9.47 Å². The number of hydrogen-bond acceptors (Lipinski definition) is 5. The van der Waals surface area contributed by atoms with Crippen LogP contribution in [0.1, 0.15) is 66.2 Å². The minimum Gasteiger partial charge on any atom is -0.462 e. The molecule has 0 amide bonds. The summed E-state index contributed by atoms with van der Waals surface area (Å²) < 4.78 is 11.5. The summed E-state index contributed by atoms with van der Waals surface area (Å²) in [5.41, 5.74) is 1.27. The summed E-state index contributed by atoms with van der Waals surface area (Å²) in [6, 6.07) is 0. The van der Waals surface area contributed by atoms with Crippen molar-refractivity contribution < 1.29 is 24.2 Å². The van der Waals surface area contributed by atoms with Crippen LogP contribution in [0.15, 0.2) is 23.8 Å². The smallest absolute Gasteiger partial charge is 0.308 e. The number of cyclic esters (lactones) is 1. The summed E-state index contributed by atoms with van der Waals surface area (Å²) in [7, 11) is 0. The van der Waals surface area contributed by atoms with Crippen LogP contribution < -0.4 is 0 Å². The van der Waals surface area contributed by atoms with Crippen LogP contribution in [0.3, 0.4) is 0 Å². The van der Waals surface area contributed by atoms with Gasteiger partial charge in [0.1, 0.15) is 12.2 Å². The Morgan fingerprint density at radius 1 is 1.31 bits per heavy atom. The summed E-state index contributed by atoms with van der Waals surface area (Å²) in [6.07, 6.45) is 9.70. The molecular formula is C24H36O5. The molecule has 162 valence electrons. The molecule has 0 aromatic heterocycles. The first-order valence-electron chi connectivity index (χ1n) is 11.3. The molecule has 0 spiro atoms. The van der Waals surface area contributed by atoms with Gasteiger partial charge in [0.25, 0.3) is 0 Å². The summed E-state index contributed by atoms with van der Waals surface area (Å²) in [5.74, 6) is 0.755. The van der Waals surface area contributed by atoms with E-state index in [0.717, 1.165) is 25.7 Å². The third-order valence-electron chi connectivity index (χ3n) is 6.93. The van der Waals surface area contributed by atoms with Gasteiger partial charge in [0.15, 0.2) is 0 Å². The van der Waals surface area contributed by atoms with Crippen LogP contribution >= 0.6 is 0 Å². The van der Waals surface area contributed by atoms with Crippen LogP contribution in [0.25, 0.3) is 0 Å². The summed E-state index contributed by atoms with van der Waals surface area (Å²) >= 11 is 0. The second-order valence-electron chi connectivity index (χ2n) is 9.36. The highest BCUT2D eigenvalue weighted by Gasteiger charge is 2.42. The first-order chi connectivity index (χ1) is 13.8. The molecule has 0 radical (unpaired) electrons. The zero-order chi connectivity index (χ0) is 21.1. The van der Waals surface area contributed by atoms with Crippen LogP contribution in [0.5, 0.6) is 0 Å². The van der Waals surface area contributed by atoms with Gasteiger partial charge in [0.2, 0.25) is 0 Å². The van der Waals surface area contributed by atoms with Gasteiger partial charge in [0, 0.05) is 12.3 Å². The third kappa shape index (κ3) is 5.30. The Bertz CT molecular complexity index is 666. The van der Waals surface area contributed by atoms with Crippen molar-refractivity contribution in [1.82, 2.24) is 0 Å². The van der Waals surface area contributed by atoms with E-state index >= 15 is 0 Å². The van der Waals surface area contributed by atoms with E-state index in [2.05, 4.69) is 32.1 Å². The molecule has 5 nitrogen and oxygen atoms in total. The van der Waals surface area contributed by atoms with Gasteiger partial charge >= 0.3 is 11.9 Å². The van der Waals surface area contributed by atoms with Gasteiger partial charge in [-0.15, -0.1) is 0 Å². The van der Waals surface area contributed by atoms with E-state index in [-0.39, 0.29) is 42.4 Å². The van der Waals surface area contributed by atoms with Crippen molar-refractivity contribution in [3.8, 4) is 0 Å². The highest BCUT2D eigenvalue weighted by atomic mass is 16.5. The lowest BCUT2D eigenvalue weighted by molar-refractivity contribution is -0.162. The topological polar surface area (TPSA) is 72.8 Å². The van der Waals surface area contributed by atoms with Crippen molar-refractivity contribution in [3.63, 3.8) is 0 Å². The maximum absolute atomic E-state index is 12.5. The molecule has 1 saturated heterocycles. The molecular weight excluding hydrogens is 368 g/mol. The number of hydrogen-bond donors (Lipinski definition) is 1. The molecule has 29 heavy (non-hydrogen) atoms. The molecule has 0 aromatic rings. The standard InChI is InChI=1S/C24H36O5/c1-5-15(3)24(27)29-21-11-14(2)10-17-7-6-16(4)20(23(17)21)9-8-19-12-18(25)13-22(26)28-19/h6-7,10,14-16,18-21,23,25H,5,8-9,11-13H2,1-4H3/t14-,15+,16-,18+,19+,20-,21-,23+/m0/s1. The molecule has 1 fully saturated rings. The van der Waals surface area contributed by atoms with Crippen molar-refractivity contribution in [3.05, 3.63) is 23.8 Å². The van der Waals surface area contributed by atoms with Gasteiger partial charge in [-0.2, -0.15) is 0 Å². The van der Waals surface area contributed by atoms with Crippen molar-refractivity contribution in [2.45, 2.75) is 84.5 Å². The summed E-state index contributed by atoms with van der Waals surface area (Å²) in [6.45, 7) is 8.33. The Kier molecular flexibility index (Phi) is 7.20. The van der Waals surface area contributed by atoms with Crippen molar-refractivity contribution in [2.75, 3.05) is 0 Å². The van der Waals surface area contributed by atoms with Crippen LogP contribution in [-0.4, -0.2) is 35.4 Å². The van der Waals surface area contributed by atoms with Gasteiger partial charge in [-0.25, -0.2) is 0 Å². The molecule has 1 aliphatic heterocycles. The Morgan fingerprint density at radius 3 is 2.76 bits per heavy atom. The van der Waals surface area contributed by atoms with Crippen molar-refractivity contribution in [2.24, 2.45) is 29.6 Å². The summed E-state index contributed by atoms with van der Waals surface area (Å²) in [4.78, 5) is 24.2. The number of allylic oxidation sites excluding steroid dienone is 3. The van der Waals surface area contributed by atoms with Gasteiger partial charge in [-0.3, -0.25) is 9.59 Å². The lowest BCUT2D eigenvalue weighted by atomic mass is 9.65. The zero-order valence-electron chi connectivity index (χ0n) is 18.2. The second-order valence-corrected chi connectivity index (χ2v) is 9.36. The number of carbonyl (C=O) groups is 2. The highest BCUT2D eigenvalue weighted by molar-refractivity contribution is 5.72. The Labute approximate surface area is 174 Å². The molecule has 3 aliphatic rings. The Hall–Kier alpha value is -1.62. The third-order valence-corrected chi connectivity index (χ3v) is 6.93. The number of esters is 2. The molecule has 3 rings (SSSR count). The minimum atomic E-state index is -0.597. The van der Waals surface area contributed by atoms with Crippen molar-refractivity contribution >= 4 is 11.9 Å². The van der Waals surface area contributed by atoms with Gasteiger partial charge in [-0.1, -0.05) is 45.9 Å². The molecule has 1 N–H and O–H groups in total. The molecule has 0 bridgehead atoms. The Balaban J connectivity index is 1.74. The van der Waals surface area contributed by atoms with E-state index in [1.54, 1.807) is 0 Å². The molecule has 8 atom stereocenters. The van der Waals surface area contributed by atoms with Gasteiger partial charge in [0.05, 0.1) is 18.4 Å². The average molecular weight is 405 g/mol. The summed E-state index contributed by atoms with van der Waals surface area (Å²) in [5, 5.41) is 9.89. The molecule has 1 heterocycles. The Morgan fingerprint density at radius 2 is 2.07 bits per heavy atom. The molecule has 2 aliphatic carbocycles. The van der Waals surface area contributed by atoms with E-state index in [0.29, 0.717) is 24.2 Å². The number of ether oxygens (including phenoxy) is 2. The maximum atomic E-state index is 12.5. The largest absolute Gasteiger partial charge is 0.462 e. The fourth-order valence-corrected chi connectivity index (χ4v) is 5.07. The number of aliphatic hydroxyl groups excluding tert-OH is 1. The predicted octanol–water partition coefficient (Wildman–Crippen LogP) is 4.20. The number of carbonyl (C=O) groups excluding carboxylic acids is 2. The SMILES string of the molecule is CC[C@@H](C)C(=O)O[C@H]1C[C@@H](C)C=C2C=C[C@H](C)[C@H](CC[C@@H]3C[C@@H](O)CC(=O)O3)[C@@H]21. The van der Waals surface area contributed by atoms with Gasteiger partial charge in [-0.05, 0) is 49.0 Å². The highest BCUT2D eigenvalue weighted by Crippen LogP contribution is 2.45. The average Bonchev–Trinajstić information content (AvgIpc) is 2.65. The lowest BCUT2D eigenvalue weighted by Gasteiger charge is -2.43. The molecule has 5 heteroatoms. The quantitative estimate of drug-likeness (QED) is 0.672. The first-order valence-corrected chi connectivity index (χ1v) is 11.3. The predicted molar refractivity (Wildman–Crippen MR) is 111 cm³/mol. The van der Waals surface area contributed by atoms with Crippen LogP contribution in [-0.2, 0) is 19.1 Å². The molecule has 0 aromatic carbocycles. The van der Waals surface area contributed by atoms with Crippen molar-refractivity contribution in [1.29, 1.82) is 0 Å². The number of rotatable bonds is 6. The monoisotopic (exact) mass is 404 g/mol. The van der Waals surface area contributed by atoms with Gasteiger partial charge < -0.3 is 14.6 Å². The molecule has 0 saturated carbocycles. The van der Waals surface area contributed by atoms with E-state index in [1.165, 1.54) is 5.57 Å². The lowest BCUT2D eigenvalue weighted by Crippen LogP contribution is -2.42. The van der Waals surface area contributed by atoms with E-state index in [9.17, 15) is 14.7 Å². The number of fused-ring (bicyclic) bond motifs is 1. The zero-order valence-corrected chi connectivity index (χ0v) is 18.2. The maximum Gasteiger partial charge on any atom is 0.308 e. The van der Waals surface area contributed by atoms with E-state index < -0.39 is 6.10 Å².